The normalized spacial score (nSPS) is 18.3. The Balaban J connectivity index is 1.46. The first kappa shape index (κ1) is 21.5. The molecule has 0 heterocycles. The number of benzene rings is 1. The van der Waals surface area contributed by atoms with Crippen molar-refractivity contribution >= 4 is 11.9 Å². The lowest BCUT2D eigenvalue weighted by molar-refractivity contribution is -0.144. The molecule has 0 radical (unpaired) electrons. The van der Waals surface area contributed by atoms with E-state index in [0.717, 1.165) is 75.3 Å². The first-order chi connectivity index (χ1) is 13.8. The lowest BCUT2D eigenvalue weighted by Gasteiger charge is -2.14. The van der Waals surface area contributed by atoms with E-state index in [0.29, 0.717) is 19.3 Å². The van der Waals surface area contributed by atoms with Gasteiger partial charge in [0, 0.05) is 5.56 Å². The number of unbranched alkanes of at least 4 members (excludes halogenated alkanes) is 3. The van der Waals surface area contributed by atoms with Gasteiger partial charge in [-0.15, -0.1) is 0 Å². The standard InChI is InChI=1S/C23H32O6/c24-18-9-8-16(6-3-5-11-23(14-15-23)21(28)29)17(19(18)25)7-2-1-4-10-22(12-13-22)20(26)27/h8-9,24-25H,1-7,10-15H2,(H,26,27)(H,28,29). The van der Waals surface area contributed by atoms with Crippen LogP contribution in [0.15, 0.2) is 12.1 Å². The van der Waals surface area contributed by atoms with Crippen molar-refractivity contribution in [2.75, 3.05) is 0 Å². The van der Waals surface area contributed by atoms with Crippen molar-refractivity contribution in [2.24, 2.45) is 10.8 Å². The quantitative estimate of drug-likeness (QED) is 0.281. The summed E-state index contributed by atoms with van der Waals surface area (Å²) < 4.78 is 0. The molecule has 160 valence electrons. The second-order valence-corrected chi connectivity index (χ2v) is 9.01. The van der Waals surface area contributed by atoms with Crippen molar-refractivity contribution in [3.8, 4) is 11.5 Å². The number of hydrogen-bond acceptors (Lipinski definition) is 4. The molecule has 2 fully saturated rings. The monoisotopic (exact) mass is 404 g/mol. The molecule has 0 saturated heterocycles. The predicted molar refractivity (Wildman–Crippen MR) is 108 cm³/mol. The highest BCUT2D eigenvalue weighted by Crippen LogP contribution is 2.51. The van der Waals surface area contributed by atoms with E-state index in [-0.39, 0.29) is 11.5 Å². The molecule has 2 saturated carbocycles. The molecule has 0 unspecified atom stereocenters. The Morgan fingerprint density at radius 3 is 1.79 bits per heavy atom. The molecule has 4 N–H and O–H groups in total. The maximum atomic E-state index is 11.3. The zero-order valence-electron chi connectivity index (χ0n) is 17.0. The highest BCUT2D eigenvalue weighted by atomic mass is 16.4. The lowest BCUT2D eigenvalue weighted by atomic mass is 9.92. The van der Waals surface area contributed by atoms with Gasteiger partial charge >= 0.3 is 11.9 Å². The molecule has 0 spiro atoms. The number of phenols is 2. The van der Waals surface area contributed by atoms with Crippen LogP contribution in [0.5, 0.6) is 11.5 Å². The van der Waals surface area contributed by atoms with Crippen LogP contribution in [-0.4, -0.2) is 32.4 Å². The fourth-order valence-corrected chi connectivity index (χ4v) is 4.34. The van der Waals surface area contributed by atoms with E-state index in [2.05, 4.69) is 0 Å². The van der Waals surface area contributed by atoms with E-state index in [1.807, 2.05) is 6.07 Å². The van der Waals surface area contributed by atoms with Gasteiger partial charge in [-0.2, -0.15) is 0 Å². The molecule has 0 atom stereocenters. The first-order valence-electron chi connectivity index (χ1n) is 10.8. The van der Waals surface area contributed by atoms with Crippen molar-refractivity contribution in [3.05, 3.63) is 23.3 Å². The smallest absolute Gasteiger partial charge is 0.309 e. The lowest BCUT2D eigenvalue weighted by Crippen LogP contribution is -2.14. The molecular formula is C23H32O6. The molecule has 1 aromatic rings. The van der Waals surface area contributed by atoms with Gasteiger partial charge in [-0.05, 0) is 75.8 Å². The third-order valence-electron chi connectivity index (χ3n) is 6.91. The number of hydrogen-bond donors (Lipinski definition) is 4. The van der Waals surface area contributed by atoms with Crippen LogP contribution >= 0.6 is 0 Å². The number of aliphatic carboxylic acids is 2. The molecule has 29 heavy (non-hydrogen) atoms. The summed E-state index contributed by atoms with van der Waals surface area (Å²) in [6.45, 7) is 0. The minimum Gasteiger partial charge on any atom is -0.504 e. The van der Waals surface area contributed by atoms with Gasteiger partial charge in [0.25, 0.3) is 0 Å². The summed E-state index contributed by atoms with van der Waals surface area (Å²) in [6.07, 6.45) is 10.2. The Morgan fingerprint density at radius 1 is 0.759 bits per heavy atom. The van der Waals surface area contributed by atoms with Crippen LogP contribution in [-0.2, 0) is 22.4 Å². The number of aromatic hydroxyl groups is 2. The molecule has 2 aliphatic carbocycles. The average molecular weight is 405 g/mol. The molecule has 1 aromatic carbocycles. The van der Waals surface area contributed by atoms with Gasteiger partial charge in [-0.1, -0.05) is 25.3 Å². The molecule has 0 aliphatic heterocycles. The Morgan fingerprint density at radius 2 is 1.28 bits per heavy atom. The summed E-state index contributed by atoms with van der Waals surface area (Å²) in [5.41, 5.74) is 0.801. The number of carbonyl (C=O) groups is 2. The summed E-state index contributed by atoms with van der Waals surface area (Å²) in [4.78, 5) is 22.5. The second kappa shape index (κ2) is 8.64. The molecule has 2 aliphatic rings. The average Bonchev–Trinajstić information content (AvgIpc) is 3.58. The van der Waals surface area contributed by atoms with Gasteiger partial charge in [0.2, 0.25) is 0 Å². The molecule has 6 nitrogen and oxygen atoms in total. The number of carboxylic acid groups (broad SMARTS) is 2. The van der Waals surface area contributed by atoms with Gasteiger partial charge in [-0.25, -0.2) is 0 Å². The number of rotatable bonds is 13. The summed E-state index contributed by atoms with van der Waals surface area (Å²) in [5.74, 6) is -1.54. The fourth-order valence-electron chi connectivity index (χ4n) is 4.34. The van der Waals surface area contributed by atoms with E-state index in [1.165, 1.54) is 6.07 Å². The van der Waals surface area contributed by atoms with Crippen molar-refractivity contribution in [2.45, 2.75) is 83.5 Å². The van der Waals surface area contributed by atoms with Gasteiger partial charge in [0.15, 0.2) is 11.5 Å². The van der Waals surface area contributed by atoms with E-state index in [4.69, 9.17) is 0 Å². The third kappa shape index (κ3) is 5.03. The zero-order valence-corrected chi connectivity index (χ0v) is 17.0. The maximum Gasteiger partial charge on any atom is 0.309 e. The van der Waals surface area contributed by atoms with Crippen LogP contribution in [0.2, 0.25) is 0 Å². The zero-order chi connectivity index (χ0) is 21.1. The van der Waals surface area contributed by atoms with Crippen molar-refractivity contribution < 1.29 is 30.0 Å². The van der Waals surface area contributed by atoms with Crippen molar-refractivity contribution in [1.29, 1.82) is 0 Å². The van der Waals surface area contributed by atoms with E-state index < -0.39 is 22.8 Å². The van der Waals surface area contributed by atoms with Crippen LogP contribution in [0.1, 0.15) is 81.8 Å². The fraction of sp³-hybridized carbons (Fsp3) is 0.652. The Bertz CT molecular complexity index is 761. The first-order valence-corrected chi connectivity index (χ1v) is 10.8. The van der Waals surface area contributed by atoms with Crippen molar-refractivity contribution in [3.63, 3.8) is 0 Å². The van der Waals surface area contributed by atoms with Crippen LogP contribution in [0, 0.1) is 10.8 Å². The highest BCUT2D eigenvalue weighted by Gasteiger charge is 2.49. The predicted octanol–water partition coefficient (Wildman–Crippen LogP) is 4.64. The molecule has 3 rings (SSSR count). The Hall–Kier alpha value is -2.24. The van der Waals surface area contributed by atoms with Gasteiger partial charge in [-0.3, -0.25) is 9.59 Å². The molecule has 0 amide bonds. The van der Waals surface area contributed by atoms with Gasteiger partial charge in [0.1, 0.15) is 0 Å². The Kier molecular flexibility index (Phi) is 6.39. The Labute approximate surface area is 171 Å². The number of carboxylic acids is 2. The SMILES string of the molecule is O=C(O)C1(CCCCCc2c(CCCCC3(C(=O)O)CC3)ccc(O)c2O)CC1. The maximum absolute atomic E-state index is 11.3. The van der Waals surface area contributed by atoms with Gasteiger partial charge < -0.3 is 20.4 Å². The largest absolute Gasteiger partial charge is 0.504 e. The minimum absolute atomic E-state index is 0.0594. The van der Waals surface area contributed by atoms with Crippen LogP contribution in [0.3, 0.4) is 0 Å². The highest BCUT2D eigenvalue weighted by molar-refractivity contribution is 5.78. The molecular weight excluding hydrogens is 372 g/mol. The second-order valence-electron chi connectivity index (χ2n) is 9.01. The molecule has 0 aromatic heterocycles. The minimum atomic E-state index is -0.684. The molecule has 6 heteroatoms. The van der Waals surface area contributed by atoms with E-state index in [1.54, 1.807) is 0 Å². The van der Waals surface area contributed by atoms with Gasteiger partial charge in [0.05, 0.1) is 10.8 Å². The summed E-state index contributed by atoms with van der Waals surface area (Å²) >= 11 is 0. The van der Waals surface area contributed by atoms with E-state index in [9.17, 15) is 30.0 Å². The van der Waals surface area contributed by atoms with E-state index >= 15 is 0 Å². The summed E-state index contributed by atoms with van der Waals surface area (Å²) in [5, 5.41) is 38.7. The van der Waals surface area contributed by atoms with Crippen LogP contribution < -0.4 is 0 Å². The summed E-state index contributed by atoms with van der Waals surface area (Å²) in [7, 11) is 0. The van der Waals surface area contributed by atoms with Crippen LogP contribution in [0.25, 0.3) is 0 Å². The number of phenolic OH excluding ortho intramolecular Hbond substituents is 2. The van der Waals surface area contributed by atoms with Crippen LogP contribution in [0.4, 0.5) is 0 Å². The van der Waals surface area contributed by atoms with Crippen molar-refractivity contribution in [1.82, 2.24) is 0 Å². The topological polar surface area (TPSA) is 115 Å². The third-order valence-corrected chi connectivity index (χ3v) is 6.91. The number of aryl methyl sites for hydroxylation is 1. The molecule has 0 bridgehead atoms. The summed E-state index contributed by atoms with van der Waals surface area (Å²) in [6, 6.07) is 3.36.